The lowest BCUT2D eigenvalue weighted by Gasteiger charge is -2.09. The van der Waals surface area contributed by atoms with Crippen molar-refractivity contribution in [3.05, 3.63) is 68.6 Å². The summed E-state index contributed by atoms with van der Waals surface area (Å²) in [7, 11) is 0. The van der Waals surface area contributed by atoms with Gasteiger partial charge in [0.25, 0.3) is 0 Å². The molecule has 2 aromatic rings. The Morgan fingerprint density at radius 2 is 1.56 bits per heavy atom. The average Bonchev–Trinajstić information content (AvgIpc) is 2.26. The van der Waals surface area contributed by atoms with E-state index in [0.29, 0.717) is 16.6 Å². The number of nitrogens with zero attached hydrogens (tertiary/aromatic N) is 1. The zero-order valence-electron chi connectivity index (χ0n) is 8.36. The molecule has 2 rings (SSSR count). The van der Waals surface area contributed by atoms with Crippen LogP contribution < -0.4 is 5.43 Å². The molecular formula is C12H9Cl2NO. The number of benzene rings is 1. The summed E-state index contributed by atoms with van der Waals surface area (Å²) < 4.78 is 1.86. The third kappa shape index (κ3) is 2.46. The van der Waals surface area contributed by atoms with Crippen molar-refractivity contribution in [2.24, 2.45) is 0 Å². The molecule has 0 aliphatic carbocycles. The molecule has 0 unspecified atom stereocenters. The van der Waals surface area contributed by atoms with Crippen LogP contribution in [-0.4, -0.2) is 4.57 Å². The minimum Gasteiger partial charge on any atom is -0.350 e. The Kier molecular flexibility index (Phi) is 3.32. The quantitative estimate of drug-likeness (QED) is 0.806. The fourth-order valence-corrected chi connectivity index (χ4v) is 1.93. The van der Waals surface area contributed by atoms with Gasteiger partial charge in [-0.1, -0.05) is 29.3 Å². The van der Waals surface area contributed by atoms with Gasteiger partial charge in [-0.3, -0.25) is 4.79 Å². The highest BCUT2D eigenvalue weighted by Crippen LogP contribution is 2.24. The van der Waals surface area contributed by atoms with E-state index >= 15 is 0 Å². The minimum atomic E-state index is -0.0125. The van der Waals surface area contributed by atoms with Gasteiger partial charge >= 0.3 is 0 Å². The van der Waals surface area contributed by atoms with Crippen molar-refractivity contribution in [2.45, 2.75) is 6.54 Å². The van der Waals surface area contributed by atoms with E-state index in [1.165, 1.54) is 12.1 Å². The van der Waals surface area contributed by atoms with E-state index in [0.717, 1.165) is 5.56 Å². The van der Waals surface area contributed by atoms with Crippen LogP contribution in [0.15, 0.2) is 47.5 Å². The van der Waals surface area contributed by atoms with E-state index in [4.69, 9.17) is 23.2 Å². The summed E-state index contributed by atoms with van der Waals surface area (Å²) in [5.41, 5.74) is 0.844. The Morgan fingerprint density at radius 3 is 2.12 bits per heavy atom. The monoisotopic (exact) mass is 253 g/mol. The number of hydrogen-bond acceptors (Lipinski definition) is 1. The van der Waals surface area contributed by atoms with Crippen LogP contribution in [0.5, 0.6) is 0 Å². The standard InChI is InChI=1S/C12H9Cl2NO/c13-11-2-1-3-12(14)10(11)8-15-6-4-9(16)5-7-15/h1-7H,8H2. The lowest BCUT2D eigenvalue weighted by Crippen LogP contribution is -2.05. The molecular weight excluding hydrogens is 245 g/mol. The highest BCUT2D eigenvalue weighted by molar-refractivity contribution is 6.35. The summed E-state index contributed by atoms with van der Waals surface area (Å²) in [5, 5.41) is 1.26. The van der Waals surface area contributed by atoms with Crippen molar-refractivity contribution in [3.8, 4) is 0 Å². The molecule has 1 aromatic carbocycles. The molecule has 0 amide bonds. The molecule has 0 saturated heterocycles. The molecule has 16 heavy (non-hydrogen) atoms. The third-order valence-corrected chi connectivity index (χ3v) is 2.97. The fourth-order valence-electron chi connectivity index (χ4n) is 1.42. The fraction of sp³-hybridized carbons (Fsp3) is 0.0833. The van der Waals surface area contributed by atoms with E-state index in [-0.39, 0.29) is 5.43 Å². The average molecular weight is 254 g/mol. The third-order valence-electron chi connectivity index (χ3n) is 2.26. The van der Waals surface area contributed by atoms with E-state index in [2.05, 4.69) is 0 Å². The zero-order chi connectivity index (χ0) is 11.5. The molecule has 0 bridgehead atoms. The van der Waals surface area contributed by atoms with Gasteiger partial charge in [0.15, 0.2) is 5.43 Å². The van der Waals surface area contributed by atoms with Gasteiger partial charge in [0.1, 0.15) is 0 Å². The van der Waals surface area contributed by atoms with E-state index in [1.807, 2.05) is 4.57 Å². The molecule has 0 radical (unpaired) electrons. The lowest BCUT2D eigenvalue weighted by molar-refractivity contribution is 0.789. The summed E-state index contributed by atoms with van der Waals surface area (Å²) in [6, 6.07) is 8.41. The van der Waals surface area contributed by atoms with E-state index in [9.17, 15) is 4.79 Å². The molecule has 0 fully saturated rings. The second-order valence-corrected chi connectivity index (χ2v) is 4.22. The largest absolute Gasteiger partial charge is 0.350 e. The first-order valence-corrected chi connectivity index (χ1v) is 5.51. The van der Waals surface area contributed by atoms with Crippen molar-refractivity contribution in [1.82, 2.24) is 4.57 Å². The van der Waals surface area contributed by atoms with Crippen LogP contribution in [0.25, 0.3) is 0 Å². The Bertz CT molecular complexity index is 522. The summed E-state index contributed by atoms with van der Waals surface area (Å²) in [6.45, 7) is 0.554. The number of rotatable bonds is 2. The first-order chi connectivity index (χ1) is 7.66. The van der Waals surface area contributed by atoms with Crippen LogP contribution >= 0.6 is 23.2 Å². The Morgan fingerprint density at radius 1 is 1.00 bits per heavy atom. The van der Waals surface area contributed by atoms with Crippen molar-refractivity contribution in [2.75, 3.05) is 0 Å². The van der Waals surface area contributed by atoms with Crippen LogP contribution in [-0.2, 0) is 6.54 Å². The van der Waals surface area contributed by atoms with Gasteiger partial charge in [-0.2, -0.15) is 0 Å². The highest BCUT2D eigenvalue weighted by Gasteiger charge is 2.04. The van der Waals surface area contributed by atoms with Crippen LogP contribution in [0, 0.1) is 0 Å². The van der Waals surface area contributed by atoms with Gasteiger partial charge in [0, 0.05) is 46.7 Å². The SMILES string of the molecule is O=c1ccn(Cc2c(Cl)cccc2Cl)cc1. The minimum absolute atomic E-state index is 0.0125. The zero-order valence-corrected chi connectivity index (χ0v) is 9.87. The Labute approximate surface area is 103 Å². The predicted molar refractivity (Wildman–Crippen MR) is 66.3 cm³/mol. The molecule has 0 aliphatic heterocycles. The van der Waals surface area contributed by atoms with Gasteiger partial charge in [0.2, 0.25) is 0 Å². The summed E-state index contributed by atoms with van der Waals surface area (Å²) in [5.74, 6) is 0. The molecule has 82 valence electrons. The first-order valence-electron chi connectivity index (χ1n) is 4.76. The second kappa shape index (κ2) is 4.73. The van der Waals surface area contributed by atoms with Gasteiger partial charge in [0.05, 0.1) is 0 Å². The van der Waals surface area contributed by atoms with Crippen molar-refractivity contribution < 1.29 is 0 Å². The number of hydrogen-bond donors (Lipinski definition) is 0. The summed E-state index contributed by atoms with van der Waals surface area (Å²) in [4.78, 5) is 10.9. The van der Waals surface area contributed by atoms with Gasteiger partial charge in [-0.05, 0) is 12.1 Å². The number of aromatic nitrogens is 1. The van der Waals surface area contributed by atoms with Crippen LogP contribution in [0.2, 0.25) is 10.0 Å². The number of halogens is 2. The maximum absolute atomic E-state index is 10.9. The van der Waals surface area contributed by atoms with Crippen LogP contribution in [0.4, 0.5) is 0 Å². The second-order valence-electron chi connectivity index (χ2n) is 3.41. The van der Waals surface area contributed by atoms with Crippen molar-refractivity contribution >= 4 is 23.2 Å². The summed E-state index contributed by atoms with van der Waals surface area (Å²) >= 11 is 12.1. The maximum atomic E-state index is 10.9. The lowest BCUT2D eigenvalue weighted by atomic mass is 10.2. The molecule has 0 aliphatic rings. The molecule has 0 spiro atoms. The normalized spacial score (nSPS) is 10.4. The van der Waals surface area contributed by atoms with Crippen LogP contribution in [0.3, 0.4) is 0 Å². The van der Waals surface area contributed by atoms with E-state index < -0.39 is 0 Å². The van der Waals surface area contributed by atoms with Crippen LogP contribution in [0.1, 0.15) is 5.56 Å². The van der Waals surface area contributed by atoms with Gasteiger partial charge < -0.3 is 4.57 Å². The molecule has 0 N–H and O–H groups in total. The topological polar surface area (TPSA) is 22.0 Å². The molecule has 1 heterocycles. The Balaban J connectivity index is 2.34. The van der Waals surface area contributed by atoms with Crippen molar-refractivity contribution in [1.29, 1.82) is 0 Å². The Hall–Kier alpha value is -1.25. The van der Waals surface area contributed by atoms with Gasteiger partial charge in [-0.15, -0.1) is 0 Å². The molecule has 0 saturated carbocycles. The molecule has 0 atom stereocenters. The molecule has 4 heteroatoms. The summed E-state index contributed by atoms with van der Waals surface area (Å²) in [6.07, 6.45) is 3.42. The molecule has 2 nitrogen and oxygen atoms in total. The first kappa shape index (κ1) is 11.2. The van der Waals surface area contributed by atoms with E-state index in [1.54, 1.807) is 30.6 Å². The smallest absolute Gasteiger partial charge is 0.181 e. The van der Waals surface area contributed by atoms with Crippen molar-refractivity contribution in [3.63, 3.8) is 0 Å². The maximum Gasteiger partial charge on any atom is 0.181 e. The highest BCUT2D eigenvalue weighted by atomic mass is 35.5. The predicted octanol–water partition coefficient (Wildman–Crippen LogP) is 3.20. The molecule has 1 aromatic heterocycles. The number of pyridine rings is 1. The van der Waals surface area contributed by atoms with Gasteiger partial charge in [-0.25, -0.2) is 0 Å².